The zero-order valence-corrected chi connectivity index (χ0v) is 27.7. The van der Waals surface area contributed by atoms with Crippen molar-refractivity contribution in [1.82, 2.24) is 15.1 Å². The summed E-state index contributed by atoms with van der Waals surface area (Å²) in [6, 6.07) is 14.9. The number of nitrogens with one attached hydrogen (secondary N) is 1. The number of aliphatic carboxylic acids is 1. The van der Waals surface area contributed by atoms with E-state index in [9.17, 15) is 27.6 Å². The Morgan fingerprint density at radius 2 is 1.78 bits per heavy atom. The van der Waals surface area contributed by atoms with Crippen LogP contribution in [0.5, 0.6) is 5.75 Å². The lowest BCUT2D eigenvalue weighted by atomic mass is 9.73. The van der Waals surface area contributed by atoms with Crippen LogP contribution in [0.4, 0.5) is 13.2 Å². The Bertz CT molecular complexity index is 1760. The largest absolute Gasteiger partial charge is 0.488 e. The van der Waals surface area contributed by atoms with Gasteiger partial charge in [-0.05, 0) is 61.1 Å². The van der Waals surface area contributed by atoms with Gasteiger partial charge in [0.05, 0.1) is 18.2 Å². The second-order valence-electron chi connectivity index (χ2n) is 12.1. The summed E-state index contributed by atoms with van der Waals surface area (Å²) in [5.74, 6) is 0.432. The fourth-order valence-corrected chi connectivity index (χ4v) is 6.62. The first-order valence-corrected chi connectivity index (χ1v) is 16.6. The first-order valence-electron chi connectivity index (χ1n) is 16.2. The van der Waals surface area contributed by atoms with E-state index in [0.717, 1.165) is 22.8 Å². The molecule has 2 aliphatic heterocycles. The van der Waals surface area contributed by atoms with Crippen molar-refractivity contribution < 1.29 is 37.4 Å². The molecule has 3 aromatic carbocycles. The third-order valence-electron chi connectivity index (χ3n) is 8.91. The number of piperazine rings is 1. The van der Waals surface area contributed by atoms with E-state index in [0.29, 0.717) is 30.5 Å². The van der Waals surface area contributed by atoms with Gasteiger partial charge in [0.1, 0.15) is 6.04 Å². The minimum Gasteiger partial charge on any atom is -0.488 e. The van der Waals surface area contributed by atoms with Gasteiger partial charge in [-0.25, -0.2) is 8.78 Å². The van der Waals surface area contributed by atoms with Crippen molar-refractivity contribution in [2.75, 3.05) is 19.7 Å². The predicted molar refractivity (Wildman–Crippen MR) is 177 cm³/mol. The molecule has 12 heteroatoms. The van der Waals surface area contributed by atoms with Gasteiger partial charge < -0.3 is 19.6 Å². The highest BCUT2D eigenvalue weighted by Crippen LogP contribution is 2.39. The molecule has 0 aliphatic carbocycles. The van der Waals surface area contributed by atoms with Gasteiger partial charge in [0.2, 0.25) is 17.6 Å². The second-order valence-corrected chi connectivity index (χ2v) is 12.5. The molecule has 1 saturated heterocycles. The van der Waals surface area contributed by atoms with Crippen molar-refractivity contribution in [3.05, 3.63) is 99.8 Å². The lowest BCUT2D eigenvalue weighted by molar-refractivity contribution is -0.154. The van der Waals surface area contributed by atoms with Crippen LogP contribution in [0.15, 0.2) is 60.7 Å². The Hall–Kier alpha value is -4.53. The summed E-state index contributed by atoms with van der Waals surface area (Å²) in [7, 11) is 0. The number of hydrogen-bond acceptors (Lipinski definition) is 5. The Kier molecular flexibility index (Phi) is 11.5. The van der Waals surface area contributed by atoms with Gasteiger partial charge in [-0.3, -0.25) is 19.7 Å². The molecule has 2 heterocycles. The standard InChI is InChI=1S/C37H37ClF3N3O5/c1-2-43(22-25-9-3-4-11-28(25)38)36(48)35-37(20-6-10-27(42-37)23-44(35)31(45)12-5-13-32(46)47)26-16-14-24(15-17-26)8-7-21-49-34-30(40)19-18-29(39)33(34)41/h3-4,9,11,14-19,27,35,42H,2,5,7-8,12-13,20-23H2,1H3,(H,46,47)/t27-,35?,37+/m0/s1. The minimum absolute atomic E-state index is 0.0343. The average molecular weight is 696 g/mol. The number of nitrogens with zero attached hydrogens (tertiary/aromatic N) is 2. The number of ether oxygens (including phenoxy) is 1. The van der Waals surface area contributed by atoms with Gasteiger partial charge in [0, 0.05) is 43.9 Å². The van der Waals surface area contributed by atoms with E-state index >= 15 is 0 Å². The first kappa shape index (κ1) is 35.8. The number of likely N-dealkylation sites (N-methyl/N-ethyl adjacent to an activating group) is 1. The summed E-state index contributed by atoms with van der Waals surface area (Å²) in [6.07, 6.45) is 1.04. The number of aryl methyl sites for hydroxylation is 1. The number of carbonyl (C=O) groups excluding carboxylic acids is 2. The molecule has 258 valence electrons. The topological polar surface area (TPSA) is 99.2 Å². The van der Waals surface area contributed by atoms with E-state index in [1.54, 1.807) is 15.9 Å². The molecular formula is C37H37ClF3N3O5. The van der Waals surface area contributed by atoms with Crippen LogP contribution >= 0.6 is 11.6 Å². The zero-order valence-electron chi connectivity index (χ0n) is 27.0. The van der Waals surface area contributed by atoms with E-state index in [1.807, 2.05) is 49.4 Å². The number of carboxylic acids is 1. The molecule has 3 aromatic rings. The number of hydrogen-bond donors (Lipinski definition) is 2. The average Bonchev–Trinajstić information content (AvgIpc) is 3.09. The Morgan fingerprint density at radius 1 is 1.04 bits per heavy atom. The Morgan fingerprint density at radius 3 is 2.49 bits per heavy atom. The van der Waals surface area contributed by atoms with Crippen LogP contribution in [0.3, 0.4) is 0 Å². The summed E-state index contributed by atoms with van der Waals surface area (Å²) in [5.41, 5.74) is 1.31. The maximum absolute atomic E-state index is 14.7. The molecule has 49 heavy (non-hydrogen) atoms. The number of benzene rings is 3. The number of amides is 2. The van der Waals surface area contributed by atoms with Crippen LogP contribution in [-0.4, -0.2) is 64.5 Å². The van der Waals surface area contributed by atoms with E-state index < -0.39 is 46.8 Å². The zero-order chi connectivity index (χ0) is 35.1. The molecule has 2 amide bonds. The van der Waals surface area contributed by atoms with E-state index in [4.69, 9.17) is 21.4 Å². The molecule has 0 spiro atoms. The minimum atomic E-state index is -1.37. The number of carbonyl (C=O) groups is 3. The molecule has 2 aliphatic rings. The van der Waals surface area contributed by atoms with Crippen molar-refractivity contribution in [2.45, 2.75) is 69.6 Å². The van der Waals surface area contributed by atoms with Gasteiger partial charge in [0.25, 0.3) is 0 Å². The molecule has 0 aromatic heterocycles. The molecule has 2 N–H and O–H groups in total. The highest BCUT2D eigenvalue weighted by atomic mass is 35.5. The van der Waals surface area contributed by atoms with Crippen LogP contribution in [-0.2, 0) is 32.9 Å². The Labute approximate surface area is 288 Å². The maximum Gasteiger partial charge on any atom is 0.303 e. The highest BCUT2D eigenvalue weighted by Gasteiger charge is 2.55. The summed E-state index contributed by atoms with van der Waals surface area (Å²) in [4.78, 5) is 42.8. The van der Waals surface area contributed by atoms with E-state index in [1.165, 1.54) is 0 Å². The number of fused-ring (bicyclic) bond motifs is 2. The van der Waals surface area contributed by atoms with Gasteiger partial charge in [-0.1, -0.05) is 65.9 Å². The predicted octanol–water partition coefficient (Wildman–Crippen LogP) is 5.84. The summed E-state index contributed by atoms with van der Waals surface area (Å²) >= 11 is 6.46. The summed E-state index contributed by atoms with van der Waals surface area (Å²) in [6.45, 7) is 2.54. The van der Waals surface area contributed by atoms with Crippen LogP contribution in [0.25, 0.3) is 0 Å². The number of halogens is 4. The second kappa shape index (κ2) is 15.8. The van der Waals surface area contributed by atoms with Crippen molar-refractivity contribution in [2.24, 2.45) is 0 Å². The maximum atomic E-state index is 14.7. The lowest BCUT2D eigenvalue weighted by Gasteiger charge is -2.53. The molecule has 8 nitrogen and oxygen atoms in total. The van der Waals surface area contributed by atoms with Crippen LogP contribution < -0.4 is 10.1 Å². The van der Waals surface area contributed by atoms with Gasteiger partial charge in [-0.2, -0.15) is 4.39 Å². The molecule has 0 saturated carbocycles. The van der Waals surface area contributed by atoms with Crippen molar-refractivity contribution >= 4 is 29.4 Å². The summed E-state index contributed by atoms with van der Waals surface area (Å²) < 4.78 is 46.6. The van der Waals surface area contributed by atoms with Crippen molar-refractivity contribution in [3.63, 3.8) is 0 Å². The molecule has 3 atom stereocenters. The van der Waals surface area contributed by atoms with E-state index in [2.05, 4.69) is 17.2 Å². The Balaban J connectivity index is 1.41. The molecular weight excluding hydrogens is 659 g/mol. The molecule has 1 fully saturated rings. The fraction of sp³-hybridized carbons (Fsp3) is 0.378. The molecule has 1 unspecified atom stereocenters. The lowest BCUT2D eigenvalue weighted by Crippen LogP contribution is -2.73. The van der Waals surface area contributed by atoms with Crippen LogP contribution in [0, 0.1) is 29.3 Å². The van der Waals surface area contributed by atoms with Gasteiger partial charge in [0.15, 0.2) is 17.4 Å². The van der Waals surface area contributed by atoms with Crippen molar-refractivity contribution in [3.8, 4) is 17.6 Å². The highest BCUT2D eigenvalue weighted by molar-refractivity contribution is 6.31. The SMILES string of the molecule is CCN(Cc1ccccc1Cl)C(=O)C1N(C(=O)CCCC(=O)O)C[C@@H]2C#CC[C@]1(c1ccc(CCCOc3c(F)ccc(F)c3F)cc1)N2. The fourth-order valence-electron chi connectivity index (χ4n) is 6.43. The van der Waals surface area contributed by atoms with Gasteiger partial charge >= 0.3 is 5.97 Å². The molecule has 2 bridgehead atoms. The third-order valence-corrected chi connectivity index (χ3v) is 9.28. The third kappa shape index (κ3) is 8.03. The van der Waals surface area contributed by atoms with Crippen LogP contribution in [0.2, 0.25) is 5.02 Å². The summed E-state index contributed by atoms with van der Waals surface area (Å²) in [5, 5.41) is 13.3. The number of rotatable bonds is 14. The monoisotopic (exact) mass is 695 g/mol. The van der Waals surface area contributed by atoms with Crippen LogP contribution in [0.1, 0.15) is 55.7 Å². The van der Waals surface area contributed by atoms with E-state index in [-0.39, 0.29) is 57.2 Å². The molecule has 0 radical (unpaired) electrons. The smallest absolute Gasteiger partial charge is 0.303 e. The van der Waals surface area contributed by atoms with Crippen molar-refractivity contribution in [1.29, 1.82) is 0 Å². The first-order chi connectivity index (χ1) is 23.5. The normalized spacial score (nSPS) is 19.5. The molecule has 5 rings (SSSR count). The van der Waals surface area contributed by atoms with Gasteiger partial charge in [-0.15, -0.1) is 0 Å². The number of carboxylic acid groups (broad SMARTS) is 1. The quantitative estimate of drug-likeness (QED) is 0.125.